The Kier molecular flexibility index (Phi) is 6.35. The van der Waals surface area contributed by atoms with Crippen LogP contribution in [-0.2, 0) is 26.0 Å². The van der Waals surface area contributed by atoms with Crippen molar-refractivity contribution < 1.29 is 18.0 Å². The van der Waals surface area contributed by atoms with Crippen LogP contribution in [0, 0.1) is 19.8 Å². The average Bonchev–Trinajstić information content (AvgIpc) is 2.96. The normalized spacial score (nSPS) is 19.6. The number of rotatable bonds is 4. The zero-order valence-corrected chi connectivity index (χ0v) is 19.3. The Balaban J connectivity index is 1.51. The third-order valence-corrected chi connectivity index (χ3v) is 8.11. The van der Waals surface area contributed by atoms with Gasteiger partial charge in [0.15, 0.2) is 0 Å². The summed E-state index contributed by atoms with van der Waals surface area (Å²) in [5.74, 6) is -0.602. The number of aryl methyl sites for hydroxylation is 3. The van der Waals surface area contributed by atoms with Crippen LogP contribution in [0.1, 0.15) is 42.4 Å². The van der Waals surface area contributed by atoms with E-state index in [1.54, 1.807) is 18.2 Å². The number of nitrogens with zero attached hydrogens (tertiary/aromatic N) is 1. The van der Waals surface area contributed by atoms with E-state index in [0.717, 1.165) is 22.4 Å². The number of amides is 2. The maximum atomic E-state index is 13.4. The van der Waals surface area contributed by atoms with Crippen LogP contribution in [0.15, 0.2) is 41.3 Å². The molecule has 1 atom stereocenters. The first kappa shape index (κ1) is 22.5. The van der Waals surface area contributed by atoms with Gasteiger partial charge in [-0.3, -0.25) is 9.59 Å². The maximum absolute atomic E-state index is 13.4. The summed E-state index contributed by atoms with van der Waals surface area (Å²) in [5.41, 5.74) is 4.30. The number of fused-ring (bicyclic) bond motifs is 1. The number of carbonyl (C=O) groups is 2. The SMILES string of the molecule is Cc1ccc(C)c(NC(=O)[C@H]2CCCN(S(=O)(=O)c3ccc4c(c3)CCCC(=O)N4)C2)c1. The van der Waals surface area contributed by atoms with Crippen molar-refractivity contribution in [1.82, 2.24) is 4.31 Å². The molecular weight excluding hydrogens is 426 g/mol. The topological polar surface area (TPSA) is 95.6 Å². The van der Waals surface area contributed by atoms with E-state index in [1.807, 2.05) is 32.0 Å². The second-order valence-electron chi connectivity index (χ2n) is 8.73. The first-order chi connectivity index (χ1) is 15.2. The first-order valence-corrected chi connectivity index (χ1v) is 12.5. The van der Waals surface area contributed by atoms with Gasteiger partial charge >= 0.3 is 0 Å². The van der Waals surface area contributed by atoms with E-state index in [4.69, 9.17) is 0 Å². The summed E-state index contributed by atoms with van der Waals surface area (Å²) in [5, 5.41) is 5.82. The van der Waals surface area contributed by atoms with Gasteiger partial charge in [-0.1, -0.05) is 12.1 Å². The average molecular weight is 456 g/mol. The number of sulfonamides is 1. The van der Waals surface area contributed by atoms with Crippen molar-refractivity contribution in [2.75, 3.05) is 23.7 Å². The number of piperidine rings is 1. The standard InChI is InChI=1S/C24H29N3O4S/c1-16-8-9-17(2)22(13-16)26-24(29)19-6-4-12-27(15-19)32(30,31)20-10-11-21-18(14-20)5-3-7-23(28)25-21/h8-11,13-14,19H,3-7,12,15H2,1-2H3,(H,25,28)(H,26,29)/t19-/m0/s1. The van der Waals surface area contributed by atoms with Gasteiger partial charge in [-0.05, 0) is 80.5 Å². The first-order valence-electron chi connectivity index (χ1n) is 11.0. The Bertz CT molecular complexity index is 1160. The lowest BCUT2D eigenvalue weighted by Crippen LogP contribution is -2.43. The minimum absolute atomic E-state index is 0.0481. The maximum Gasteiger partial charge on any atom is 0.243 e. The molecule has 0 spiro atoms. The van der Waals surface area contributed by atoms with E-state index >= 15 is 0 Å². The second kappa shape index (κ2) is 9.03. The molecule has 0 saturated carbocycles. The zero-order valence-electron chi connectivity index (χ0n) is 18.5. The highest BCUT2D eigenvalue weighted by Gasteiger charge is 2.34. The molecule has 0 radical (unpaired) electrons. The van der Waals surface area contributed by atoms with Gasteiger partial charge in [-0.2, -0.15) is 4.31 Å². The van der Waals surface area contributed by atoms with E-state index in [1.165, 1.54) is 4.31 Å². The molecule has 7 nitrogen and oxygen atoms in total. The van der Waals surface area contributed by atoms with Crippen LogP contribution >= 0.6 is 0 Å². The fourth-order valence-electron chi connectivity index (χ4n) is 4.34. The fourth-order valence-corrected chi connectivity index (χ4v) is 5.92. The quantitative estimate of drug-likeness (QED) is 0.736. The largest absolute Gasteiger partial charge is 0.326 e. The van der Waals surface area contributed by atoms with Gasteiger partial charge in [-0.25, -0.2) is 8.42 Å². The van der Waals surface area contributed by atoms with Crippen LogP contribution in [0.4, 0.5) is 11.4 Å². The van der Waals surface area contributed by atoms with Crippen molar-refractivity contribution in [2.24, 2.45) is 5.92 Å². The van der Waals surface area contributed by atoms with Crippen molar-refractivity contribution in [2.45, 2.75) is 50.8 Å². The number of benzene rings is 2. The van der Waals surface area contributed by atoms with Crippen molar-refractivity contribution in [1.29, 1.82) is 0 Å². The van der Waals surface area contributed by atoms with Crippen molar-refractivity contribution in [3.63, 3.8) is 0 Å². The highest BCUT2D eigenvalue weighted by atomic mass is 32.2. The molecule has 2 heterocycles. The van der Waals surface area contributed by atoms with E-state index in [2.05, 4.69) is 10.6 Å². The molecule has 0 bridgehead atoms. The van der Waals surface area contributed by atoms with Crippen molar-refractivity contribution in [3.8, 4) is 0 Å². The Morgan fingerprint density at radius 1 is 1.09 bits per heavy atom. The van der Waals surface area contributed by atoms with Gasteiger partial charge in [0.2, 0.25) is 21.8 Å². The molecule has 2 aromatic carbocycles. The van der Waals surface area contributed by atoms with Crippen LogP contribution in [0.2, 0.25) is 0 Å². The fraction of sp³-hybridized carbons (Fsp3) is 0.417. The van der Waals surface area contributed by atoms with Gasteiger partial charge in [0, 0.05) is 30.9 Å². The molecule has 2 N–H and O–H groups in total. The number of nitrogens with one attached hydrogen (secondary N) is 2. The molecule has 0 unspecified atom stereocenters. The Hall–Kier alpha value is -2.71. The third kappa shape index (κ3) is 4.71. The molecule has 2 aliphatic heterocycles. The van der Waals surface area contributed by atoms with Gasteiger partial charge in [0.25, 0.3) is 0 Å². The van der Waals surface area contributed by atoms with Crippen LogP contribution < -0.4 is 10.6 Å². The molecule has 2 aromatic rings. The second-order valence-corrected chi connectivity index (χ2v) is 10.7. The summed E-state index contributed by atoms with van der Waals surface area (Å²) in [4.78, 5) is 24.9. The van der Waals surface area contributed by atoms with Gasteiger partial charge in [-0.15, -0.1) is 0 Å². The van der Waals surface area contributed by atoms with Gasteiger partial charge in [0.05, 0.1) is 10.8 Å². The summed E-state index contributed by atoms with van der Waals surface area (Å²) in [7, 11) is -3.73. The summed E-state index contributed by atoms with van der Waals surface area (Å²) < 4.78 is 28.1. The van der Waals surface area contributed by atoms with Crippen LogP contribution in [0.3, 0.4) is 0 Å². The zero-order chi connectivity index (χ0) is 22.9. The van der Waals surface area contributed by atoms with E-state index in [0.29, 0.717) is 44.3 Å². The summed E-state index contributed by atoms with van der Waals surface area (Å²) in [6.07, 6.45) is 3.05. The van der Waals surface area contributed by atoms with Gasteiger partial charge in [0.1, 0.15) is 0 Å². The molecule has 1 saturated heterocycles. The molecule has 170 valence electrons. The number of hydrogen-bond acceptors (Lipinski definition) is 4. The minimum atomic E-state index is -3.73. The molecule has 2 amide bonds. The number of carbonyl (C=O) groups excluding carboxylic acids is 2. The van der Waals surface area contributed by atoms with E-state index < -0.39 is 15.9 Å². The molecule has 4 rings (SSSR count). The lowest BCUT2D eigenvalue weighted by atomic mass is 9.98. The number of hydrogen-bond donors (Lipinski definition) is 2. The molecule has 8 heteroatoms. The van der Waals surface area contributed by atoms with Crippen molar-refractivity contribution in [3.05, 3.63) is 53.1 Å². The summed E-state index contributed by atoms with van der Waals surface area (Å²) in [6.45, 7) is 4.46. The molecule has 2 aliphatic rings. The smallest absolute Gasteiger partial charge is 0.243 e. The number of anilines is 2. The predicted molar refractivity (Wildman–Crippen MR) is 124 cm³/mol. The predicted octanol–water partition coefficient (Wildman–Crippen LogP) is 3.62. The lowest BCUT2D eigenvalue weighted by Gasteiger charge is -2.31. The minimum Gasteiger partial charge on any atom is -0.326 e. The molecule has 0 aromatic heterocycles. The van der Waals surface area contributed by atoms with E-state index in [9.17, 15) is 18.0 Å². The lowest BCUT2D eigenvalue weighted by molar-refractivity contribution is -0.121. The van der Waals surface area contributed by atoms with Crippen LogP contribution in [0.5, 0.6) is 0 Å². The van der Waals surface area contributed by atoms with Crippen LogP contribution in [-0.4, -0.2) is 37.6 Å². The molecule has 32 heavy (non-hydrogen) atoms. The third-order valence-electron chi connectivity index (χ3n) is 6.24. The Morgan fingerprint density at radius 2 is 1.91 bits per heavy atom. The van der Waals surface area contributed by atoms with Gasteiger partial charge < -0.3 is 10.6 Å². The Labute approximate surface area is 189 Å². The molecule has 0 aliphatic carbocycles. The monoisotopic (exact) mass is 455 g/mol. The molecular formula is C24H29N3O4S. The summed E-state index contributed by atoms with van der Waals surface area (Å²) in [6, 6.07) is 10.8. The van der Waals surface area contributed by atoms with Crippen LogP contribution in [0.25, 0.3) is 0 Å². The van der Waals surface area contributed by atoms with E-state index in [-0.39, 0.29) is 23.3 Å². The Morgan fingerprint density at radius 3 is 2.72 bits per heavy atom. The molecule has 1 fully saturated rings. The highest BCUT2D eigenvalue weighted by Crippen LogP contribution is 2.29. The highest BCUT2D eigenvalue weighted by molar-refractivity contribution is 7.89. The summed E-state index contributed by atoms with van der Waals surface area (Å²) >= 11 is 0. The van der Waals surface area contributed by atoms with Crippen molar-refractivity contribution >= 4 is 33.2 Å².